The molecule has 0 radical (unpaired) electrons. The first-order chi connectivity index (χ1) is 12.0. The maximum absolute atomic E-state index is 12.5. The second-order valence-electron chi connectivity index (χ2n) is 6.27. The van der Waals surface area contributed by atoms with Crippen LogP contribution in [-0.4, -0.2) is 24.8 Å². The lowest BCUT2D eigenvalue weighted by atomic mass is 9.93. The van der Waals surface area contributed by atoms with Crippen LogP contribution in [-0.2, 0) is 30.2 Å². The molecule has 5 nitrogen and oxygen atoms in total. The van der Waals surface area contributed by atoms with Crippen molar-refractivity contribution in [3.05, 3.63) is 58.4 Å². The molecule has 25 heavy (non-hydrogen) atoms. The third-order valence-corrected chi connectivity index (χ3v) is 4.80. The topological polar surface area (TPSA) is 61.8 Å². The summed E-state index contributed by atoms with van der Waals surface area (Å²) in [5, 5.41) is 0. The van der Waals surface area contributed by atoms with Crippen molar-refractivity contribution < 1.29 is 23.8 Å². The summed E-state index contributed by atoms with van der Waals surface area (Å²) in [5.41, 5.74) is 4.08. The van der Waals surface area contributed by atoms with Crippen molar-refractivity contribution in [1.29, 1.82) is 0 Å². The number of cyclic esters (lactones) is 1. The molecular formula is C20H22O5. The highest BCUT2D eigenvalue weighted by Gasteiger charge is 2.33. The van der Waals surface area contributed by atoms with Gasteiger partial charge < -0.3 is 14.2 Å². The fourth-order valence-corrected chi connectivity index (χ4v) is 3.24. The number of hydrogen-bond acceptors (Lipinski definition) is 5. The Kier molecular flexibility index (Phi) is 4.93. The van der Waals surface area contributed by atoms with Gasteiger partial charge in [-0.25, -0.2) is 9.59 Å². The second kappa shape index (κ2) is 7.13. The molecule has 132 valence electrons. The van der Waals surface area contributed by atoms with Crippen molar-refractivity contribution in [3.8, 4) is 0 Å². The van der Waals surface area contributed by atoms with Crippen molar-refractivity contribution in [2.45, 2.75) is 45.8 Å². The Balaban J connectivity index is 1.86. The summed E-state index contributed by atoms with van der Waals surface area (Å²) in [4.78, 5) is 24.1. The van der Waals surface area contributed by atoms with Crippen molar-refractivity contribution in [2.24, 2.45) is 0 Å². The SMILES string of the molecule is CCOC(=O)/C(=C/OC1OC(=O)C(C)=C1C)C1CCc2ccccc21. The molecule has 1 aromatic rings. The predicted molar refractivity (Wildman–Crippen MR) is 91.6 cm³/mol. The summed E-state index contributed by atoms with van der Waals surface area (Å²) in [7, 11) is 0. The van der Waals surface area contributed by atoms with Crippen LogP contribution in [0.4, 0.5) is 0 Å². The highest BCUT2D eigenvalue weighted by molar-refractivity contribution is 5.91. The van der Waals surface area contributed by atoms with Crippen molar-refractivity contribution >= 4 is 11.9 Å². The van der Waals surface area contributed by atoms with Gasteiger partial charge in [-0.2, -0.15) is 0 Å². The molecule has 0 spiro atoms. The molecule has 2 aliphatic rings. The Bertz CT molecular complexity index is 759. The molecule has 0 amide bonds. The first-order valence-electron chi connectivity index (χ1n) is 8.51. The van der Waals surface area contributed by atoms with Crippen LogP contribution in [0.3, 0.4) is 0 Å². The lowest BCUT2D eigenvalue weighted by Crippen LogP contribution is -2.17. The molecule has 0 saturated heterocycles. The predicted octanol–water partition coefficient (Wildman–Crippen LogP) is 3.40. The Morgan fingerprint density at radius 3 is 2.76 bits per heavy atom. The standard InChI is InChI=1S/C20H22O5/c1-4-23-19(22)17(11-24-20-13(3)12(2)18(21)25-20)16-10-9-14-7-5-6-8-15(14)16/h5-8,11,16,20H,4,9-10H2,1-3H3/b17-11+. The van der Waals surface area contributed by atoms with Gasteiger partial charge in [-0.15, -0.1) is 0 Å². The minimum atomic E-state index is -0.784. The van der Waals surface area contributed by atoms with E-state index in [2.05, 4.69) is 6.07 Å². The van der Waals surface area contributed by atoms with Crippen LogP contribution in [0.25, 0.3) is 0 Å². The zero-order valence-corrected chi connectivity index (χ0v) is 14.7. The largest absolute Gasteiger partial charge is 0.463 e. The minimum absolute atomic E-state index is 0.0715. The highest BCUT2D eigenvalue weighted by Crippen LogP contribution is 2.39. The third-order valence-electron chi connectivity index (χ3n) is 4.80. The number of hydrogen-bond donors (Lipinski definition) is 0. The molecule has 1 aromatic carbocycles. The van der Waals surface area contributed by atoms with Gasteiger partial charge in [0.25, 0.3) is 6.29 Å². The van der Waals surface area contributed by atoms with Crippen LogP contribution in [0.5, 0.6) is 0 Å². The van der Waals surface area contributed by atoms with E-state index in [1.165, 1.54) is 11.8 Å². The number of carbonyl (C=O) groups is 2. The van der Waals surface area contributed by atoms with Gasteiger partial charge in [-0.05, 0) is 44.7 Å². The lowest BCUT2D eigenvalue weighted by Gasteiger charge is -2.17. The summed E-state index contributed by atoms with van der Waals surface area (Å²) in [6, 6.07) is 8.08. The zero-order valence-electron chi connectivity index (χ0n) is 14.7. The fourth-order valence-electron chi connectivity index (χ4n) is 3.24. The van der Waals surface area contributed by atoms with Crippen LogP contribution in [0.15, 0.2) is 47.2 Å². The summed E-state index contributed by atoms with van der Waals surface area (Å²) >= 11 is 0. The molecule has 2 unspecified atom stereocenters. The number of fused-ring (bicyclic) bond motifs is 1. The van der Waals surface area contributed by atoms with Gasteiger partial charge in [0.1, 0.15) is 0 Å². The van der Waals surface area contributed by atoms with Crippen molar-refractivity contribution in [3.63, 3.8) is 0 Å². The Morgan fingerprint density at radius 2 is 2.08 bits per heavy atom. The van der Waals surface area contributed by atoms with Crippen LogP contribution < -0.4 is 0 Å². The van der Waals surface area contributed by atoms with Gasteiger partial charge in [0, 0.05) is 17.1 Å². The molecule has 5 heteroatoms. The number of rotatable bonds is 5. The van der Waals surface area contributed by atoms with E-state index < -0.39 is 12.3 Å². The second-order valence-corrected chi connectivity index (χ2v) is 6.27. The smallest absolute Gasteiger partial charge is 0.337 e. The molecule has 3 rings (SSSR count). The molecule has 1 aliphatic carbocycles. The van der Waals surface area contributed by atoms with Gasteiger partial charge in [-0.1, -0.05) is 24.3 Å². The van der Waals surface area contributed by atoms with E-state index in [4.69, 9.17) is 14.2 Å². The molecule has 1 aliphatic heterocycles. The zero-order chi connectivity index (χ0) is 18.0. The molecule has 1 heterocycles. The molecule has 0 aromatic heterocycles. The van der Waals surface area contributed by atoms with E-state index in [-0.39, 0.29) is 11.9 Å². The number of esters is 2. The molecule has 0 N–H and O–H groups in total. The number of benzene rings is 1. The van der Waals surface area contributed by atoms with Crippen LogP contribution in [0, 0.1) is 0 Å². The first kappa shape index (κ1) is 17.3. The molecular weight excluding hydrogens is 320 g/mol. The number of ether oxygens (including phenoxy) is 3. The van der Waals surface area contributed by atoms with E-state index in [9.17, 15) is 9.59 Å². The average molecular weight is 342 g/mol. The maximum Gasteiger partial charge on any atom is 0.337 e. The normalized spacial score (nSPS) is 22.7. The number of carbonyl (C=O) groups excluding carboxylic acids is 2. The van der Waals surface area contributed by atoms with E-state index in [1.807, 2.05) is 18.2 Å². The highest BCUT2D eigenvalue weighted by atomic mass is 16.7. The van der Waals surface area contributed by atoms with Crippen LogP contribution in [0.1, 0.15) is 44.2 Å². The average Bonchev–Trinajstić information content (AvgIpc) is 3.13. The van der Waals surface area contributed by atoms with Gasteiger partial charge >= 0.3 is 11.9 Å². The van der Waals surface area contributed by atoms with Gasteiger partial charge in [0.05, 0.1) is 18.4 Å². The Labute approximate surface area is 147 Å². The quantitative estimate of drug-likeness (QED) is 0.466. The summed E-state index contributed by atoms with van der Waals surface area (Å²) in [6.07, 6.45) is 2.36. The van der Waals surface area contributed by atoms with Gasteiger partial charge in [0.2, 0.25) is 0 Å². The summed E-state index contributed by atoms with van der Waals surface area (Å²) < 4.78 is 16.0. The van der Waals surface area contributed by atoms with E-state index >= 15 is 0 Å². The van der Waals surface area contributed by atoms with Gasteiger partial charge in [-0.3, -0.25) is 0 Å². The van der Waals surface area contributed by atoms with Crippen molar-refractivity contribution in [2.75, 3.05) is 6.61 Å². The molecule has 2 atom stereocenters. The van der Waals surface area contributed by atoms with Gasteiger partial charge in [0.15, 0.2) is 0 Å². The molecule has 0 bridgehead atoms. The van der Waals surface area contributed by atoms with Crippen molar-refractivity contribution in [1.82, 2.24) is 0 Å². The lowest BCUT2D eigenvalue weighted by molar-refractivity contribution is -0.153. The Morgan fingerprint density at radius 1 is 1.32 bits per heavy atom. The monoisotopic (exact) mass is 342 g/mol. The third kappa shape index (κ3) is 3.31. The summed E-state index contributed by atoms with van der Waals surface area (Å²) in [5.74, 6) is -0.857. The van der Waals surface area contributed by atoms with E-state index in [1.54, 1.807) is 20.8 Å². The molecule has 0 saturated carbocycles. The Hall–Kier alpha value is -2.56. The van der Waals surface area contributed by atoms with Crippen LogP contribution in [0.2, 0.25) is 0 Å². The minimum Gasteiger partial charge on any atom is -0.463 e. The molecule has 0 fully saturated rings. The summed E-state index contributed by atoms with van der Waals surface area (Å²) in [6.45, 7) is 5.55. The van der Waals surface area contributed by atoms with E-state index in [0.29, 0.717) is 17.8 Å². The fraction of sp³-hybridized carbons (Fsp3) is 0.400. The first-order valence-corrected chi connectivity index (χ1v) is 8.51. The number of aryl methyl sites for hydroxylation is 1. The van der Waals surface area contributed by atoms with Crippen LogP contribution >= 0.6 is 0 Å². The maximum atomic E-state index is 12.5. The van der Waals surface area contributed by atoms with E-state index in [0.717, 1.165) is 24.0 Å².